The van der Waals surface area contributed by atoms with Crippen molar-refractivity contribution < 1.29 is 18.7 Å². The van der Waals surface area contributed by atoms with Crippen LogP contribution >= 0.6 is 27.3 Å². The van der Waals surface area contributed by atoms with E-state index >= 15 is 0 Å². The van der Waals surface area contributed by atoms with Gasteiger partial charge in [0.05, 0.1) is 11.1 Å². The maximum absolute atomic E-state index is 13.6. The lowest BCUT2D eigenvalue weighted by molar-refractivity contribution is 0.0733. The zero-order valence-corrected chi connectivity index (χ0v) is 15.7. The van der Waals surface area contributed by atoms with Gasteiger partial charge in [-0.05, 0) is 66.1 Å². The standard InChI is InChI=1S/C20H12BrFO3S/c21-14-5-3-13(4-6-14)20(24)25-19-10-7-15(22)12-17(19)18(23)9-8-16-2-1-11-26-16/h1-12H/b9-8+. The van der Waals surface area contributed by atoms with Crippen LogP contribution in [0.1, 0.15) is 25.6 Å². The highest BCUT2D eigenvalue weighted by Crippen LogP contribution is 2.23. The van der Waals surface area contributed by atoms with E-state index in [1.54, 1.807) is 30.3 Å². The normalized spacial score (nSPS) is 10.8. The SMILES string of the molecule is O=C(Oc1ccc(F)cc1C(=O)/C=C/c1cccs1)c1ccc(Br)cc1. The lowest BCUT2D eigenvalue weighted by Crippen LogP contribution is -2.11. The summed E-state index contributed by atoms with van der Waals surface area (Å²) in [5.41, 5.74) is 0.313. The van der Waals surface area contributed by atoms with Crippen molar-refractivity contribution >= 4 is 45.1 Å². The largest absolute Gasteiger partial charge is 0.422 e. The quantitative estimate of drug-likeness (QED) is 0.223. The van der Waals surface area contributed by atoms with Gasteiger partial charge in [-0.1, -0.05) is 22.0 Å². The number of halogens is 2. The molecule has 1 aromatic heterocycles. The van der Waals surface area contributed by atoms with E-state index in [-0.39, 0.29) is 11.3 Å². The van der Waals surface area contributed by atoms with Gasteiger partial charge < -0.3 is 4.74 Å². The van der Waals surface area contributed by atoms with Crippen LogP contribution in [0.15, 0.2) is 70.5 Å². The molecule has 0 bridgehead atoms. The summed E-state index contributed by atoms with van der Waals surface area (Å²) < 4.78 is 19.7. The molecule has 6 heteroatoms. The van der Waals surface area contributed by atoms with Crippen molar-refractivity contribution in [3.8, 4) is 5.75 Å². The van der Waals surface area contributed by atoms with E-state index in [0.29, 0.717) is 5.56 Å². The molecular weight excluding hydrogens is 419 g/mol. The van der Waals surface area contributed by atoms with Gasteiger partial charge >= 0.3 is 5.97 Å². The number of hydrogen-bond donors (Lipinski definition) is 0. The second-order valence-electron chi connectivity index (χ2n) is 5.25. The monoisotopic (exact) mass is 430 g/mol. The lowest BCUT2D eigenvalue weighted by atomic mass is 10.1. The fourth-order valence-electron chi connectivity index (χ4n) is 2.16. The molecule has 0 fully saturated rings. The average molecular weight is 431 g/mol. The van der Waals surface area contributed by atoms with E-state index in [1.165, 1.54) is 23.5 Å². The highest BCUT2D eigenvalue weighted by atomic mass is 79.9. The van der Waals surface area contributed by atoms with Crippen molar-refractivity contribution in [2.75, 3.05) is 0 Å². The van der Waals surface area contributed by atoms with Crippen molar-refractivity contribution in [3.05, 3.63) is 92.3 Å². The third-order valence-electron chi connectivity index (χ3n) is 3.43. The summed E-state index contributed by atoms with van der Waals surface area (Å²) >= 11 is 4.76. The maximum atomic E-state index is 13.6. The van der Waals surface area contributed by atoms with Gasteiger partial charge in [0.1, 0.15) is 11.6 Å². The molecule has 0 amide bonds. The second-order valence-corrected chi connectivity index (χ2v) is 7.14. The highest BCUT2D eigenvalue weighted by molar-refractivity contribution is 9.10. The van der Waals surface area contributed by atoms with Gasteiger partial charge in [-0.3, -0.25) is 4.79 Å². The van der Waals surface area contributed by atoms with Crippen LogP contribution in [0.4, 0.5) is 4.39 Å². The number of ether oxygens (including phenoxy) is 1. The number of allylic oxidation sites excluding steroid dienone is 1. The zero-order chi connectivity index (χ0) is 18.5. The number of hydrogen-bond acceptors (Lipinski definition) is 4. The Balaban J connectivity index is 1.84. The van der Waals surface area contributed by atoms with Gasteiger partial charge in [0.15, 0.2) is 5.78 Å². The fraction of sp³-hybridized carbons (Fsp3) is 0. The molecule has 26 heavy (non-hydrogen) atoms. The molecule has 0 saturated carbocycles. The first-order valence-electron chi connectivity index (χ1n) is 7.56. The summed E-state index contributed by atoms with van der Waals surface area (Å²) in [5, 5.41) is 1.89. The van der Waals surface area contributed by atoms with Crippen LogP contribution in [0.2, 0.25) is 0 Å². The first-order valence-corrected chi connectivity index (χ1v) is 9.23. The molecule has 0 aliphatic carbocycles. The molecule has 0 atom stereocenters. The number of carbonyl (C=O) groups is 2. The average Bonchev–Trinajstić information content (AvgIpc) is 3.15. The molecule has 0 aliphatic heterocycles. The summed E-state index contributed by atoms with van der Waals surface area (Å²) in [5.74, 6) is -1.64. The Kier molecular flexibility index (Phi) is 5.75. The van der Waals surface area contributed by atoms with Crippen molar-refractivity contribution in [3.63, 3.8) is 0 Å². The van der Waals surface area contributed by atoms with Gasteiger partial charge in [-0.15, -0.1) is 11.3 Å². The van der Waals surface area contributed by atoms with Crippen LogP contribution in [0.5, 0.6) is 5.75 Å². The summed E-state index contributed by atoms with van der Waals surface area (Å²) in [6.45, 7) is 0. The third-order valence-corrected chi connectivity index (χ3v) is 4.80. The maximum Gasteiger partial charge on any atom is 0.343 e. The smallest absolute Gasteiger partial charge is 0.343 e. The van der Waals surface area contributed by atoms with Crippen LogP contribution in [0.25, 0.3) is 6.08 Å². The predicted octanol–water partition coefficient (Wildman–Crippen LogP) is 5.77. The molecule has 130 valence electrons. The first-order chi connectivity index (χ1) is 12.5. The summed E-state index contributed by atoms with van der Waals surface area (Å²) in [4.78, 5) is 25.6. The molecule has 0 spiro atoms. The van der Waals surface area contributed by atoms with E-state index in [4.69, 9.17) is 4.74 Å². The summed E-state index contributed by atoms with van der Waals surface area (Å²) in [7, 11) is 0. The van der Waals surface area contributed by atoms with Crippen LogP contribution < -0.4 is 4.74 Å². The second kappa shape index (κ2) is 8.21. The minimum atomic E-state index is -0.625. The van der Waals surface area contributed by atoms with Crippen LogP contribution in [-0.4, -0.2) is 11.8 Å². The Morgan fingerprint density at radius 3 is 2.54 bits per heavy atom. The van der Waals surface area contributed by atoms with Crippen LogP contribution in [0.3, 0.4) is 0 Å². The minimum Gasteiger partial charge on any atom is -0.422 e. The number of ketones is 1. The molecule has 0 saturated heterocycles. The van der Waals surface area contributed by atoms with Crippen molar-refractivity contribution in [2.24, 2.45) is 0 Å². The van der Waals surface area contributed by atoms with E-state index in [2.05, 4.69) is 15.9 Å². The van der Waals surface area contributed by atoms with E-state index in [9.17, 15) is 14.0 Å². The molecule has 0 radical (unpaired) electrons. The van der Waals surface area contributed by atoms with Gasteiger partial charge in [0, 0.05) is 9.35 Å². The van der Waals surface area contributed by atoms with Crippen molar-refractivity contribution in [1.82, 2.24) is 0 Å². The minimum absolute atomic E-state index is 0.0109. The Labute approximate surface area is 161 Å². The fourth-order valence-corrected chi connectivity index (χ4v) is 3.04. The molecule has 0 N–H and O–H groups in total. The summed E-state index contributed by atoms with van der Waals surface area (Å²) in [6, 6.07) is 13.8. The molecule has 3 rings (SSSR count). The number of benzene rings is 2. The molecule has 0 aliphatic rings. The molecule has 0 unspecified atom stereocenters. The number of carbonyl (C=O) groups excluding carboxylic acids is 2. The van der Waals surface area contributed by atoms with E-state index in [0.717, 1.165) is 21.5 Å². The van der Waals surface area contributed by atoms with Crippen LogP contribution in [0, 0.1) is 5.82 Å². The van der Waals surface area contributed by atoms with Crippen LogP contribution in [-0.2, 0) is 0 Å². The zero-order valence-electron chi connectivity index (χ0n) is 13.3. The number of thiophene rings is 1. The van der Waals surface area contributed by atoms with E-state index in [1.807, 2.05) is 17.5 Å². The molecule has 1 heterocycles. The van der Waals surface area contributed by atoms with Gasteiger partial charge in [0.25, 0.3) is 0 Å². The third kappa shape index (κ3) is 4.53. The van der Waals surface area contributed by atoms with Crippen molar-refractivity contribution in [2.45, 2.75) is 0 Å². The number of rotatable bonds is 5. The van der Waals surface area contributed by atoms with Gasteiger partial charge in [0.2, 0.25) is 0 Å². The topological polar surface area (TPSA) is 43.4 Å². The molecule has 3 nitrogen and oxygen atoms in total. The van der Waals surface area contributed by atoms with Gasteiger partial charge in [-0.25, -0.2) is 9.18 Å². The Hall–Kier alpha value is -2.57. The molecule has 2 aromatic carbocycles. The Bertz CT molecular complexity index is 963. The van der Waals surface area contributed by atoms with Gasteiger partial charge in [-0.2, -0.15) is 0 Å². The lowest BCUT2D eigenvalue weighted by Gasteiger charge is -2.08. The Morgan fingerprint density at radius 2 is 1.85 bits per heavy atom. The summed E-state index contributed by atoms with van der Waals surface area (Å²) in [6.07, 6.45) is 2.97. The highest BCUT2D eigenvalue weighted by Gasteiger charge is 2.16. The van der Waals surface area contributed by atoms with Crippen molar-refractivity contribution in [1.29, 1.82) is 0 Å². The first kappa shape index (κ1) is 18.2. The molecule has 3 aromatic rings. The predicted molar refractivity (Wildman–Crippen MR) is 103 cm³/mol. The molecular formula is C20H12BrFO3S. The Morgan fingerprint density at radius 1 is 1.08 bits per heavy atom. The van der Waals surface area contributed by atoms with E-state index < -0.39 is 17.6 Å². The number of esters is 1.